The van der Waals surface area contributed by atoms with Crippen LogP contribution >= 0.6 is 0 Å². The van der Waals surface area contributed by atoms with Gasteiger partial charge in [-0.3, -0.25) is 9.59 Å². The number of allylic oxidation sites excluding steroid dienone is 6. The molecule has 0 unspecified atom stereocenters. The quantitative estimate of drug-likeness (QED) is 0.214. The largest absolute Gasteiger partial charge is 0.352 e. The number of hydrogen-bond acceptors (Lipinski definition) is 3. The lowest BCUT2D eigenvalue weighted by Gasteiger charge is -2.08. The number of carbonyl (C=O) groups is 2. The molecule has 0 bridgehead atoms. The molecule has 0 aliphatic heterocycles. The Balaban J connectivity index is 5.07. The fourth-order valence-corrected chi connectivity index (χ4v) is 1.86. The summed E-state index contributed by atoms with van der Waals surface area (Å²) >= 11 is 0. The van der Waals surface area contributed by atoms with E-state index in [4.69, 9.17) is 5.73 Å². The van der Waals surface area contributed by atoms with Crippen LogP contribution in [0.3, 0.4) is 0 Å². The number of rotatable bonds is 10. The van der Waals surface area contributed by atoms with Crippen molar-refractivity contribution in [3.05, 3.63) is 47.6 Å². The number of Topliss-reactive ketones (excluding diaryl/α,β-unsaturated/α-hetero) is 1. The zero-order chi connectivity index (χ0) is 17.0. The Morgan fingerprint density at radius 3 is 2.45 bits per heavy atom. The molecular weight excluding hydrogens is 276 g/mol. The van der Waals surface area contributed by atoms with Gasteiger partial charge in [-0.05, 0) is 56.9 Å². The maximum absolute atomic E-state index is 12.1. The Morgan fingerprint density at radius 1 is 1.27 bits per heavy atom. The zero-order valence-electron chi connectivity index (χ0n) is 13.9. The summed E-state index contributed by atoms with van der Waals surface area (Å²) in [6, 6.07) is 0. The Morgan fingerprint density at radius 2 is 1.95 bits per heavy atom. The molecule has 0 aromatic heterocycles. The van der Waals surface area contributed by atoms with Crippen molar-refractivity contribution in [3.63, 3.8) is 0 Å². The molecule has 4 nitrogen and oxygen atoms in total. The van der Waals surface area contributed by atoms with E-state index in [0.717, 1.165) is 24.8 Å². The summed E-state index contributed by atoms with van der Waals surface area (Å²) in [4.78, 5) is 23.8. The predicted molar refractivity (Wildman–Crippen MR) is 92.4 cm³/mol. The molecule has 0 aliphatic rings. The number of unbranched alkanes of at least 4 members (excludes halogenated alkanes) is 1. The highest BCUT2D eigenvalue weighted by molar-refractivity contribution is 6.18. The van der Waals surface area contributed by atoms with E-state index in [1.54, 1.807) is 6.08 Å². The average molecular weight is 304 g/mol. The first-order valence-corrected chi connectivity index (χ1v) is 7.70. The number of nitrogens with one attached hydrogen (secondary N) is 1. The second-order valence-corrected chi connectivity index (χ2v) is 4.96. The van der Waals surface area contributed by atoms with Gasteiger partial charge < -0.3 is 11.1 Å². The SMILES string of the molecule is C=C(/C=C(\C(C)=O)C(=O)NCCCCN)C(/C=C\C)=C/CC. The molecule has 0 radical (unpaired) electrons. The average Bonchev–Trinajstić information content (AvgIpc) is 2.48. The summed E-state index contributed by atoms with van der Waals surface area (Å²) in [5.41, 5.74) is 7.11. The minimum absolute atomic E-state index is 0.129. The molecule has 0 aliphatic carbocycles. The first-order chi connectivity index (χ1) is 10.5. The van der Waals surface area contributed by atoms with Crippen LogP contribution < -0.4 is 11.1 Å². The van der Waals surface area contributed by atoms with Crippen molar-refractivity contribution in [2.24, 2.45) is 5.73 Å². The lowest BCUT2D eigenvalue weighted by atomic mass is 10.0. The second-order valence-electron chi connectivity index (χ2n) is 4.96. The third kappa shape index (κ3) is 7.74. The Labute approximate surface area is 133 Å². The number of hydrogen-bond donors (Lipinski definition) is 2. The highest BCUT2D eigenvalue weighted by Crippen LogP contribution is 2.15. The van der Waals surface area contributed by atoms with Crippen LogP contribution in [0.15, 0.2) is 47.6 Å². The smallest absolute Gasteiger partial charge is 0.254 e. The second kappa shape index (κ2) is 11.7. The molecule has 4 heteroatoms. The van der Waals surface area contributed by atoms with Crippen molar-refractivity contribution >= 4 is 11.7 Å². The summed E-state index contributed by atoms with van der Waals surface area (Å²) in [6.07, 6.45) is 9.88. The number of ketones is 1. The van der Waals surface area contributed by atoms with Crippen molar-refractivity contribution in [1.29, 1.82) is 0 Å². The van der Waals surface area contributed by atoms with Crippen molar-refractivity contribution < 1.29 is 9.59 Å². The molecule has 0 aromatic rings. The van der Waals surface area contributed by atoms with Crippen molar-refractivity contribution in [2.75, 3.05) is 13.1 Å². The minimum atomic E-state index is -0.359. The summed E-state index contributed by atoms with van der Waals surface area (Å²) in [5.74, 6) is -0.629. The first kappa shape index (κ1) is 20.1. The van der Waals surface area contributed by atoms with E-state index >= 15 is 0 Å². The molecule has 0 saturated carbocycles. The lowest BCUT2D eigenvalue weighted by molar-refractivity contribution is -0.121. The van der Waals surface area contributed by atoms with Crippen LogP contribution in [0.5, 0.6) is 0 Å². The molecule has 0 heterocycles. The van der Waals surface area contributed by atoms with Crippen LogP contribution in [0.4, 0.5) is 0 Å². The van der Waals surface area contributed by atoms with Gasteiger partial charge in [-0.2, -0.15) is 0 Å². The lowest BCUT2D eigenvalue weighted by Crippen LogP contribution is -2.29. The molecule has 22 heavy (non-hydrogen) atoms. The van der Waals surface area contributed by atoms with Crippen LogP contribution in [-0.2, 0) is 9.59 Å². The zero-order valence-corrected chi connectivity index (χ0v) is 13.9. The van der Waals surface area contributed by atoms with E-state index in [2.05, 4.69) is 11.9 Å². The van der Waals surface area contributed by atoms with Gasteiger partial charge in [0.2, 0.25) is 0 Å². The summed E-state index contributed by atoms with van der Waals surface area (Å²) in [5, 5.41) is 2.74. The fraction of sp³-hybridized carbons (Fsp3) is 0.444. The third-order valence-electron chi connectivity index (χ3n) is 3.00. The van der Waals surface area contributed by atoms with Crippen molar-refractivity contribution in [1.82, 2.24) is 5.32 Å². The highest BCUT2D eigenvalue weighted by atomic mass is 16.2. The van der Waals surface area contributed by atoms with Crippen molar-refractivity contribution in [3.8, 4) is 0 Å². The van der Waals surface area contributed by atoms with Crippen LogP contribution in [0.2, 0.25) is 0 Å². The molecule has 1 amide bonds. The molecule has 3 N–H and O–H groups in total. The third-order valence-corrected chi connectivity index (χ3v) is 3.00. The van der Waals surface area contributed by atoms with E-state index < -0.39 is 0 Å². The highest BCUT2D eigenvalue weighted by Gasteiger charge is 2.14. The van der Waals surface area contributed by atoms with E-state index in [1.807, 2.05) is 32.1 Å². The van der Waals surface area contributed by atoms with Crippen LogP contribution in [0.25, 0.3) is 0 Å². The van der Waals surface area contributed by atoms with Gasteiger partial charge in [0, 0.05) is 6.54 Å². The van der Waals surface area contributed by atoms with Crippen molar-refractivity contribution in [2.45, 2.75) is 40.0 Å². The fourth-order valence-electron chi connectivity index (χ4n) is 1.86. The van der Waals surface area contributed by atoms with E-state index in [0.29, 0.717) is 18.7 Å². The molecule has 122 valence electrons. The van der Waals surface area contributed by atoms with E-state index in [1.165, 1.54) is 6.92 Å². The Kier molecular flexibility index (Phi) is 10.7. The molecule has 0 saturated heterocycles. The minimum Gasteiger partial charge on any atom is -0.352 e. The van der Waals surface area contributed by atoms with Crippen LogP contribution in [0, 0.1) is 0 Å². The van der Waals surface area contributed by atoms with Gasteiger partial charge in [0.25, 0.3) is 5.91 Å². The topological polar surface area (TPSA) is 72.2 Å². The van der Waals surface area contributed by atoms with Gasteiger partial charge in [-0.15, -0.1) is 0 Å². The van der Waals surface area contributed by atoms with Crippen LogP contribution in [-0.4, -0.2) is 24.8 Å². The van der Waals surface area contributed by atoms with Gasteiger partial charge in [-0.1, -0.05) is 31.7 Å². The van der Waals surface area contributed by atoms with Gasteiger partial charge in [0.1, 0.15) is 0 Å². The summed E-state index contributed by atoms with van der Waals surface area (Å²) < 4.78 is 0. The standard InChI is InChI=1S/C18H28N2O2/c1-5-9-16(10-6-2)14(3)13-17(15(4)21)18(22)20-12-8-7-11-19/h5,9-10,13H,3,6-8,11-12,19H2,1-2,4H3,(H,20,22)/b9-5-,16-10+,17-13+. The van der Waals surface area contributed by atoms with Gasteiger partial charge >= 0.3 is 0 Å². The molecular formula is C18H28N2O2. The molecule has 0 rings (SSSR count). The van der Waals surface area contributed by atoms with E-state index in [9.17, 15) is 9.59 Å². The molecule has 0 spiro atoms. The van der Waals surface area contributed by atoms with Gasteiger partial charge in [0.15, 0.2) is 5.78 Å². The van der Waals surface area contributed by atoms with Gasteiger partial charge in [0.05, 0.1) is 5.57 Å². The summed E-state index contributed by atoms with van der Waals surface area (Å²) in [6.45, 7) is 10.4. The number of nitrogens with two attached hydrogens (primary N) is 1. The van der Waals surface area contributed by atoms with E-state index in [-0.39, 0.29) is 17.3 Å². The first-order valence-electron chi connectivity index (χ1n) is 7.70. The monoisotopic (exact) mass is 304 g/mol. The molecule has 0 atom stereocenters. The Bertz CT molecular complexity index is 485. The normalized spacial score (nSPS) is 12.5. The molecule has 0 fully saturated rings. The number of carbonyl (C=O) groups excluding carboxylic acids is 2. The maximum Gasteiger partial charge on any atom is 0.254 e. The number of amides is 1. The maximum atomic E-state index is 12.1. The Hall–Kier alpha value is -1.94. The predicted octanol–water partition coefficient (Wildman–Crippen LogP) is 2.83. The van der Waals surface area contributed by atoms with Crippen LogP contribution in [0.1, 0.15) is 40.0 Å². The summed E-state index contributed by atoms with van der Waals surface area (Å²) in [7, 11) is 0. The van der Waals surface area contributed by atoms with Gasteiger partial charge in [-0.25, -0.2) is 0 Å². The molecule has 0 aromatic carbocycles.